The molecule has 0 saturated heterocycles. The fraction of sp³-hybridized carbons (Fsp3) is 0.250. The van der Waals surface area contributed by atoms with Gasteiger partial charge in [-0.05, 0) is 26.0 Å². The molecule has 2 N–H and O–H groups in total. The molecule has 3 nitrogen and oxygen atoms in total. The monoisotopic (exact) mass is 202 g/mol. The Bertz CT molecular complexity index is 441. The largest absolute Gasteiger partial charge is 0.496 e. The number of hydrogen-bond donors (Lipinski definition) is 1. The lowest BCUT2D eigenvalue weighted by Gasteiger charge is -2.10. The maximum atomic E-state index is 8.77. The Morgan fingerprint density at radius 3 is 2.67 bits per heavy atom. The van der Waals surface area contributed by atoms with E-state index in [0.29, 0.717) is 17.0 Å². The molecule has 1 aromatic rings. The van der Waals surface area contributed by atoms with Crippen LogP contribution < -0.4 is 10.5 Å². The smallest absolute Gasteiger partial charge is 0.128 e. The third-order valence-corrected chi connectivity index (χ3v) is 2.22. The van der Waals surface area contributed by atoms with Crippen molar-refractivity contribution in [1.29, 1.82) is 5.26 Å². The Morgan fingerprint density at radius 2 is 2.13 bits per heavy atom. The lowest BCUT2D eigenvalue weighted by molar-refractivity contribution is 0.413. The number of nitriles is 1. The molecule has 0 saturated carbocycles. The Kier molecular flexibility index (Phi) is 3.35. The van der Waals surface area contributed by atoms with Crippen LogP contribution in [0.15, 0.2) is 23.8 Å². The van der Waals surface area contributed by atoms with Crippen LogP contribution in [0.3, 0.4) is 0 Å². The summed E-state index contributed by atoms with van der Waals surface area (Å²) in [5.41, 5.74) is 8.70. The molecule has 0 aliphatic heterocycles. The lowest BCUT2D eigenvalue weighted by atomic mass is 10.0. The molecule has 15 heavy (non-hydrogen) atoms. The molecule has 0 radical (unpaired) electrons. The van der Waals surface area contributed by atoms with Crippen LogP contribution in [0, 0.1) is 18.3 Å². The Labute approximate surface area is 89.8 Å². The average molecular weight is 202 g/mol. The van der Waals surface area contributed by atoms with Crippen molar-refractivity contribution >= 4 is 5.70 Å². The highest BCUT2D eigenvalue weighted by Crippen LogP contribution is 2.25. The molecular formula is C12H14N2O. The molecular weight excluding hydrogens is 188 g/mol. The van der Waals surface area contributed by atoms with Crippen LogP contribution in [0.5, 0.6) is 5.75 Å². The molecule has 0 bridgehead atoms. The van der Waals surface area contributed by atoms with E-state index in [9.17, 15) is 0 Å². The third kappa shape index (κ3) is 2.29. The molecule has 0 fully saturated rings. The predicted octanol–water partition coefficient (Wildman–Crippen LogP) is 2.22. The third-order valence-electron chi connectivity index (χ3n) is 2.22. The summed E-state index contributed by atoms with van der Waals surface area (Å²) in [4.78, 5) is 0. The van der Waals surface area contributed by atoms with Crippen molar-refractivity contribution in [1.82, 2.24) is 0 Å². The molecule has 78 valence electrons. The van der Waals surface area contributed by atoms with Gasteiger partial charge < -0.3 is 10.5 Å². The Morgan fingerprint density at radius 1 is 1.47 bits per heavy atom. The maximum absolute atomic E-state index is 8.77. The number of aryl methyl sites for hydroxylation is 1. The zero-order chi connectivity index (χ0) is 11.4. The van der Waals surface area contributed by atoms with E-state index < -0.39 is 0 Å². The fourth-order valence-corrected chi connectivity index (χ4v) is 1.29. The van der Waals surface area contributed by atoms with Gasteiger partial charge in [0.1, 0.15) is 5.75 Å². The molecule has 0 heterocycles. The Hall–Kier alpha value is -1.95. The van der Waals surface area contributed by atoms with Gasteiger partial charge in [0.2, 0.25) is 0 Å². The van der Waals surface area contributed by atoms with E-state index in [1.54, 1.807) is 14.0 Å². The van der Waals surface area contributed by atoms with E-state index in [-0.39, 0.29) is 0 Å². The van der Waals surface area contributed by atoms with Gasteiger partial charge in [0.15, 0.2) is 0 Å². The van der Waals surface area contributed by atoms with E-state index in [1.165, 1.54) is 0 Å². The average Bonchev–Trinajstić information content (AvgIpc) is 2.27. The van der Waals surface area contributed by atoms with Crippen LogP contribution in [-0.2, 0) is 0 Å². The minimum atomic E-state index is 0.470. The molecule has 0 amide bonds. The fourth-order valence-electron chi connectivity index (χ4n) is 1.29. The second kappa shape index (κ2) is 4.52. The van der Waals surface area contributed by atoms with Gasteiger partial charge in [0.25, 0.3) is 0 Å². The van der Waals surface area contributed by atoms with Crippen molar-refractivity contribution in [2.24, 2.45) is 5.73 Å². The van der Waals surface area contributed by atoms with Crippen molar-refractivity contribution in [3.05, 3.63) is 34.9 Å². The minimum absolute atomic E-state index is 0.470. The minimum Gasteiger partial charge on any atom is -0.496 e. The van der Waals surface area contributed by atoms with Crippen molar-refractivity contribution in [2.75, 3.05) is 7.11 Å². The van der Waals surface area contributed by atoms with Gasteiger partial charge >= 0.3 is 0 Å². The Balaban J connectivity index is 3.37. The van der Waals surface area contributed by atoms with Gasteiger partial charge in [0.05, 0.1) is 24.4 Å². The number of allylic oxidation sites excluding steroid dienone is 1. The van der Waals surface area contributed by atoms with Gasteiger partial charge in [-0.15, -0.1) is 0 Å². The van der Waals surface area contributed by atoms with Crippen LogP contribution in [0.1, 0.15) is 18.1 Å². The highest BCUT2D eigenvalue weighted by molar-refractivity contribution is 5.73. The van der Waals surface area contributed by atoms with Gasteiger partial charge in [-0.2, -0.15) is 5.26 Å². The predicted molar refractivity (Wildman–Crippen MR) is 60.1 cm³/mol. The highest BCUT2D eigenvalue weighted by atomic mass is 16.5. The van der Waals surface area contributed by atoms with Crippen molar-refractivity contribution in [2.45, 2.75) is 13.8 Å². The summed E-state index contributed by atoms with van der Waals surface area (Å²) in [6, 6.07) is 7.74. The van der Waals surface area contributed by atoms with Crippen LogP contribution in [0.25, 0.3) is 5.70 Å². The number of ether oxygens (including phenoxy) is 1. The zero-order valence-corrected chi connectivity index (χ0v) is 9.16. The summed E-state index contributed by atoms with van der Waals surface area (Å²) < 4.78 is 5.19. The molecule has 0 aliphatic carbocycles. The van der Waals surface area contributed by atoms with Crippen LogP contribution >= 0.6 is 0 Å². The summed E-state index contributed by atoms with van der Waals surface area (Å²) in [7, 11) is 1.59. The molecule has 0 unspecified atom stereocenters. The van der Waals surface area contributed by atoms with Gasteiger partial charge in [-0.3, -0.25) is 0 Å². The first-order valence-electron chi connectivity index (χ1n) is 4.61. The highest BCUT2D eigenvalue weighted by Gasteiger charge is 2.08. The number of benzene rings is 1. The first-order chi connectivity index (χ1) is 7.10. The van der Waals surface area contributed by atoms with E-state index in [4.69, 9.17) is 15.7 Å². The summed E-state index contributed by atoms with van der Waals surface area (Å²) in [5, 5.41) is 8.77. The number of rotatable bonds is 2. The van der Waals surface area contributed by atoms with Crippen molar-refractivity contribution < 1.29 is 4.74 Å². The molecule has 1 aromatic carbocycles. The van der Waals surface area contributed by atoms with Crippen molar-refractivity contribution in [3.63, 3.8) is 0 Å². The van der Waals surface area contributed by atoms with Gasteiger partial charge in [0, 0.05) is 5.56 Å². The van der Waals surface area contributed by atoms with Crippen LogP contribution in [0.4, 0.5) is 0 Å². The van der Waals surface area contributed by atoms with E-state index in [2.05, 4.69) is 0 Å². The van der Waals surface area contributed by atoms with Gasteiger partial charge in [-0.25, -0.2) is 0 Å². The second-order valence-corrected chi connectivity index (χ2v) is 3.35. The van der Waals surface area contributed by atoms with E-state index in [0.717, 1.165) is 11.1 Å². The standard InChI is InChI=1S/C12H14N2O/c1-8-4-5-11(15-3)10(6-8)12(14)9(2)7-13/h4-6H,14H2,1-3H3/b12-9+. The number of methoxy groups -OCH3 is 1. The van der Waals surface area contributed by atoms with E-state index in [1.807, 2.05) is 31.2 Å². The molecule has 0 aromatic heterocycles. The van der Waals surface area contributed by atoms with E-state index >= 15 is 0 Å². The molecule has 3 heteroatoms. The molecule has 0 spiro atoms. The van der Waals surface area contributed by atoms with Crippen LogP contribution in [-0.4, -0.2) is 7.11 Å². The second-order valence-electron chi connectivity index (χ2n) is 3.35. The van der Waals surface area contributed by atoms with Crippen LogP contribution in [0.2, 0.25) is 0 Å². The molecule has 0 aliphatic rings. The first-order valence-corrected chi connectivity index (χ1v) is 4.61. The number of nitrogens with zero attached hydrogens (tertiary/aromatic N) is 1. The summed E-state index contributed by atoms with van der Waals surface area (Å²) in [5.74, 6) is 0.688. The van der Waals surface area contributed by atoms with Crippen molar-refractivity contribution in [3.8, 4) is 11.8 Å². The van der Waals surface area contributed by atoms with Gasteiger partial charge in [-0.1, -0.05) is 11.6 Å². The molecule has 0 atom stereocenters. The topological polar surface area (TPSA) is 59.0 Å². The SMILES string of the molecule is COc1ccc(C)cc1/C(N)=C(/C)C#N. The first kappa shape index (κ1) is 11.1. The quantitative estimate of drug-likeness (QED) is 0.748. The lowest BCUT2D eigenvalue weighted by Crippen LogP contribution is -2.02. The molecule has 1 rings (SSSR count). The number of nitrogens with two attached hydrogens (primary N) is 1. The maximum Gasteiger partial charge on any atom is 0.128 e. The summed E-state index contributed by atoms with van der Waals surface area (Å²) in [6.45, 7) is 3.66. The summed E-state index contributed by atoms with van der Waals surface area (Å²) in [6.07, 6.45) is 0. The number of hydrogen-bond acceptors (Lipinski definition) is 3. The normalized spacial score (nSPS) is 11.6. The zero-order valence-electron chi connectivity index (χ0n) is 9.16. The summed E-state index contributed by atoms with van der Waals surface area (Å²) >= 11 is 0.